The molecule has 0 amide bonds. The van der Waals surface area contributed by atoms with Crippen LogP contribution >= 0.6 is 0 Å². The number of hydrogen-bond donors (Lipinski definition) is 1. The van der Waals surface area contributed by atoms with Crippen LogP contribution in [0.15, 0.2) is 36.7 Å². The predicted molar refractivity (Wildman–Crippen MR) is 106 cm³/mol. The van der Waals surface area contributed by atoms with Crippen molar-refractivity contribution in [1.29, 1.82) is 0 Å². The summed E-state index contributed by atoms with van der Waals surface area (Å²) in [5, 5.41) is 3.11. The number of carbonyl (C=O) groups excluding carboxylic acids is 2. The van der Waals surface area contributed by atoms with Gasteiger partial charge < -0.3 is 14.8 Å². The van der Waals surface area contributed by atoms with Gasteiger partial charge in [-0.05, 0) is 51.8 Å². The number of anilines is 2. The number of esters is 2. The van der Waals surface area contributed by atoms with Crippen molar-refractivity contribution >= 4 is 23.6 Å². The normalized spacial score (nSPS) is 11.0. The van der Waals surface area contributed by atoms with Gasteiger partial charge in [0.25, 0.3) is 0 Å². The summed E-state index contributed by atoms with van der Waals surface area (Å²) < 4.78 is 10.7. The third-order valence-electron chi connectivity index (χ3n) is 3.82. The van der Waals surface area contributed by atoms with Gasteiger partial charge >= 0.3 is 11.9 Å². The zero-order valence-corrected chi connectivity index (χ0v) is 16.9. The third kappa shape index (κ3) is 5.77. The molecule has 0 aliphatic rings. The summed E-state index contributed by atoms with van der Waals surface area (Å²) in [6, 6.07) is 7.21. The number of nitrogens with one attached hydrogen (secondary N) is 1. The van der Waals surface area contributed by atoms with Crippen molar-refractivity contribution in [3.05, 3.63) is 47.8 Å². The van der Waals surface area contributed by atoms with Crippen LogP contribution in [0.4, 0.5) is 11.6 Å². The van der Waals surface area contributed by atoms with Crippen molar-refractivity contribution in [2.75, 3.05) is 5.32 Å². The Morgan fingerprint density at radius 1 is 1.00 bits per heavy atom. The smallest absolute Gasteiger partial charge is 0.325 e. The van der Waals surface area contributed by atoms with E-state index in [0.29, 0.717) is 17.2 Å². The first-order valence-corrected chi connectivity index (χ1v) is 9.39. The van der Waals surface area contributed by atoms with Crippen LogP contribution in [-0.2, 0) is 25.5 Å². The maximum Gasteiger partial charge on any atom is 0.325 e. The largest absolute Gasteiger partial charge is 0.462 e. The minimum atomic E-state index is -1.21. The van der Waals surface area contributed by atoms with Crippen LogP contribution < -0.4 is 5.32 Å². The van der Waals surface area contributed by atoms with E-state index in [1.165, 1.54) is 0 Å². The number of benzene rings is 1. The fourth-order valence-electron chi connectivity index (χ4n) is 2.62. The number of hydrogen-bond acceptors (Lipinski definition) is 7. The SMILES string of the molecule is CCc1ccc(C(C(=O)OC(C)C)C(=O)OC(C)C)c(Nc2ncccn2)c1. The van der Waals surface area contributed by atoms with Gasteiger partial charge in [0.1, 0.15) is 0 Å². The van der Waals surface area contributed by atoms with Crippen LogP contribution in [0.1, 0.15) is 51.7 Å². The van der Waals surface area contributed by atoms with Crippen LogP contribution in [0.5, 0.6) is 0 Å². The molecular formula is C21H27N3O4. The Morgan fingerprint density at radius 2 is 1.57 bits per heavy atom. The van der Waals surface area contributed by atoms with Crippen molar-refractivity contribution in [3.63, 3.8) is 0 Å². The molecule has 0 bridgehead atoms. The molecule has 0 radical (unpaired) electrons. The highest BCUT2D eigenvalue weighted by Gasteiger charge is 2.35. The topological polar surface area (TPSA) is 90.4 Å². The molecule has 28 heavy (non-hydrogen) atoms. The zero-order chi connectivity index (χ0) is 20.7. The maximum atomic E-state index is 12.8. The number of ether oxygens (including phenoxy) is 2. The Kier molecular flexibility index (Phi) is 7.49. The van der Waals surface area contributed by atoms with Crippen molar-refractivity contribution in [2.24, 2.45) is 0 Å². The van der Waals surface area contributed by atoms with Crippen molar-refractivity contribution in [1.82, 2.24) is 9.97 Å². The van der Waals surface area contributed by atoms with E-state index < -0.39 is 17.9 Å². The van der Waals surface area contributed by atoms with E-state index in [2.05, 4.69) is 15.3 Å². The summed E-state index contributed by atoms with van der Waals surface area (Å²) in [6.45, 7) is 8.97. The molecule has 0 aliphatic carbocycles. The van der Waals surface area contributed by atoms with E-state index in [1.807, 2.05) is 19.1 Å². The lowest BCUT2D eigenvalue weighted by Gasteiger charge is -2.21. The van der Waals surface area contributed by atoms with E-state index in [4.69, 9.17) is 9.47 Å². The number of rotatable bonds is 8. The van der Waals surface area contributed by atoms with Crippen molar-refractivity contribution in [2.45, 2.75) is 59.2 Å². The molecule has 0 fully saturated rings. The van der Waals surface area contributed by atoms with E-state index in [9.17, 15) is 9.59 Å². The van der Waals surface area contributed by atoms with Gasteiger partial charge in [-0.15, -0.1) is 0 Å². The number of aryl methyl sites for hydroxylation is 1. The highest BCUT2D eigenvalue weighted by molar-refractivity contribution is 6.02. The van der Waals surface area contributed by atoms with Crippen LogP contribution in [0.2, 0.25) is 0 Å². The van der Waals surface area contributed by atoms with E-state index in [0.717, 1.165) is 12.0 Å². The number of nitrogens with zero attached hydrogens (tertiary/aromatic N) is 2. The van der Waals surface area contributed by atoms with Gasteiger partial charge in [0.15, 0.2) is 5.92 Å². The third-order valence-corrected chi connectivity index (χ3v) is 3.82. The molecule has 2 aromatic rings. The Bertz CT molecular complexity index is 785. The molecular weight excluding hydrogens is 358 g/mol. The fraction of sp³-hybridized carbons (Fsp3) is 0.429. The average molecular weight is 385 g/mol. The molecule has 0 unspecified atom stereocenters. The highest BCUT2D eigenvalue weighted by Crippen LogP contribution is 2.31. The minimum absolute atomic E-state index is 0.356. The van der Waals surface area contributed by atoms with Crippen molar-refractivity contribution in [3.8, 4) is 0 Å². The monoisotopic (exact) mass is 385 g/mol. The first-order valence-electron chi connectivity index (χ1n) is 9.39. The molecule has 0 saturated carbocycles. The quantitative estimate of drug-likeness (QED) is 0.546. The number of carbonyl (C=O) groups is 2. The highest BCUT2D eigenvalue weighted by atomic mass is 16.6. The lowest BCUT2D eigenvalue weighted by molar-refractivity contribution is -0.161. The summed E-state index contributed by atoms with van der Waals surface area (Å²) >= 11 is 0. The first-order chi connectivity index (χ1) is 13.3. The Hall–Kier alpha value is -2.96. The number of aromatic nitrogens is 2. The maximum absolute atomic E-state index is 12.8. The Labute approximate surface area is 165 Å². The second-order valence-electron chi connectivity index (χ2n) is 6.88. The van der Waals surface area contributed by atoms with E-state index >= 15 is 0 Å². The molecule has 0 spiro atoms. The second-order valence-corrected chi connectivity index (χ2v) is 6.88. The Morgan fingerprint density at radius 3 is 2.07 bits per heavy atom. The second kappa shape index (κ2) is 9.82. The summed E-state index contributed by atoms with van der Waals surface area (Å²) in [5.74, 6) is -2.14. The van der Waals surface area contributed by atoms with Crippen LogP contribution in [-0.4, -0.2) is 34.1 Å². The summed E-state index contributed by atoms with van der Waals surface area (Å²) in [7, 11) is 0. The van der Waals surface area contributed by atoms with Gasteiger partial charge in [-0.1, -0.05) is 19.1 Å². The standard InChI is InChI=1S/C21H27N3O4/c1-6-15-8-9-16(17(12-15)24-21-22-10-7-11-23-21)18(19(25)27-13(2)3)20(26)28-14(4)5/h7-14,18H,6H2,1-5H3,(H,22,23,24). The molecule has 7 heteroatoms. The minimum Gasteiger partial charge on any atom is -0.462 e. The van der Waals surface area contributed by atoms with Crippen LogP contribution in [0.25, 0.3) is 0 Å². The molecule has 1 N–H and O–H groups in total. The van der Waals surface area contributed by atoms with Gasteiger partial charge in [-0.3, -0.25) is 9.59 Å². The molecule has 0 aliphatic heterocycles. The predicted octanol–water partition coefficient (Wildman–Crippen LogP) is 3.77. The zero-order valence-electron chi connectivity index (χ0n) is 16.9. The molecule has 0 atom stereocenters. The lowest BCUT2D eigenvalue weighted by Crippen LogP contribution is -2.30. The first kappa shape index (κ1) is 21.3. The molecule has 150 valence electrons. The summed E-state index contributed by atoms with van der Waals surface area (Å²) in [5.41, 5.74) is 2.06. The van der Waals surface area contributed by atoms with Gasteiger partial charge in [0.2, 0.25) is 5.95 Å². The molecule has 1 aromatic heterocycles. The van der Waals surface area contributed by atoms with Gasteiger partial charge in [-0.2, -0.15) is 0 Å². The van der Waals surface area contributed by atoms with Gasteiger partial charge in [0.05, 0.1) is 12.2 Å². The summed E-state index contributed by atoms with van der Waals surface area (Å²) in [4.78, 5) is 33.8. The lowest BCUT2D eigenvalue weighted by atomic mass is 9.95. The van der Waals surface area contributed by atoms with Gasteiger partial charge in [0, 0.05) is 23.6 Å². The van der Waals surface area contributed by atoms with E-state index in [-0.39, 0.29) is 12.2 Å². The fourth-order valence-corrected chi connectivity index (χ4v) is 2.62. The van der Waals surface area contributed by atoms with Gasteiger partial charge in [-0.25, -0.2) is 9.97 Å². The molecule has 2 rings (SSSR count). The molecule has 1 heterocycles. The van der Waals surface area contributed by atoms with E-state index in [1.54, 1.807) is 52.2 Å². The van der Waals surface area contributed by atoms with Crippen LogP contribution in [0, 0.1) is 0 Å². The van der Waals surface area contributed by atoms with Crippen molar-refractivity contribution < 1.29 is 19.1 Å². The Balaban J connectivity index is 2.50. The van der Waals surface area contributed by atoms with Crippen LogP contribution in [0.3, 0.4) is 0 Å². The summed E-state index contributed by atoms with van der Waals surface area (Å²) in [6.07, 6.45) is 3.30. The average Bonchev–Trinajstić information content (AvgIpc) is 2.62. The molecule has 0 saturated heterocycles. The molecule has 7 nitrogen and oxygen atoms in total. The molecule has 1 aromatic carbocycles.